The number of benzene rings is 2. The van der Waals surface area contributed by atoms with E-state index in [2.05, 4.69) is 43.8 Å². The van der Waals surface area contributed by atoms with Crippen LogP contribution in [0.25, 0.3) is 0 Å². The Morgan fingerprint density at radius 1 is 1.19 bits per heavy atom. The average molecular weight is 466 g/mol. The number of rotatable bonds is 5. The van der Waals surface area contributed by atoms with E-state index in [0.717, 1.165) is 32.6 Å². The quantitative estimate of drug-likeness (QED) is 0.581. The molecule has 0 amide bonds. The van der Waals surface area contributed by atoms with Crippen molar-refractivity contribution in [2.75, 3.05) is 6.54 Å². The van der Waals surface area contributed by atoms with Crippen LogP contribution < -0.4 is 5.32 Å². The van der Waals surface area contributed by atoms with Crippen molar-refractivity contribution in [3.63, 3.8) is 0 Å². The zero-order valence-electron chi connectivity index (χ0n) is 11.5. The molecule has 0 spiro atoms. The Hall–Kier alpha value is -0.530. The molecule has 0 fully saturated rings. The molecule has 0 radical (unpaired) electrons. The highest BCUT2D eigenvalue weighted by Gasteiger charge is 2.21. The molecule has 0 bridgehead atoms. The summed E-state index contributed by atoms with van der Waals surface area (Å²) in [6.45, 7) is 2.76. The molecule has 112 valence electrons. The van der Waals surface area contributed by atoms with Gasteiger partial charge in [0, 0.05) is 13.6 Å². The van der Waals surface area contributed by atoms with Gasteiger partial charge in [0.2, 0.25) is 0 Å². The fraction of sp³-hybridized carbons (Fsp3) is 0.250. The molecule has 21 heavy (non-hydrogen) atoms. The summed E-state index contributed by atoms with van der Waals surface area (Å²) in [5, 5.41) is 3.30. The van der Waals surface area contributed by atoms with Crippen molar-refractivity contribution in [1.29, 1.82) is 0 Å². The molecule has 1 N–H and O–H groups in total. The predicted octanol–water partition coefficient (Wildman–Crippen LogP) is 5.42. The Kier molecular flexibility index (Phi) is 6.13. The summed E-state index contributed by atoms with van der Waals surface area (Å²) in [5.74, 6) is -1.62. The maximum Gasteiger partial charge on any atom is 0.163 e. The van der Waals surface area contributed by atoms with Gasteiger partial charge >= 0.3 is 0 Å². The molecule has 0 saturated heterocycles. The minimum atomic E-state index is -0.822. The van der Waals surface area contributed by atoms with Gasteiger partial charge in [0.05, 0.1) is 6.04 Å². The minimum Gasteiger partial charge on any atom is -0.306 e. The first-order chi connectivity index (χ1) is 10.0. The van der Waals surface area contributed by atoms with E-state index in [-0.39, 0.29) is 6.04 Å². The van der Waals surface area contributed by atoms with Gasteiger partial charge in [0.15, 0.2) is 11.6 Å². The maximum absolute atomic E-state index is 14.2. The number of hydrogen-bond donors (Lipinski definition) is 1. The molecule has 0 heterocycles. The van der Waals surface area contributed by atoms with Gasteiger partial charge in [-0.05, 0) is 65.4 Å². The van der Waals surface area contributed by atoms with E-state index in [1.165, 1.54) is 6.07 Å². The Morgan fingerprint density at radius 3 is 2.67 bits per heavy atom. The van der Waals surface area contributed by atoms with Crippen LogP contribution in [0.3, 0.4) is 0 Å². The van der Waals surface area contributed by atoms with Gasteiger partial charge in [-0.3, -0.25) is 0 Å². The molecule has 1 unspecified atom stereocenters. The van der Waals surface area contributed by atoms with Crippen LogP contribution in [-0.2, 0) is 0 Å². The van der Waals surface area contributed by atoms with Crippen LogP contribution in [-0.4, -0.2) is 6.54 Å². The molecule has 0 saturated carbocycles. The highest BCUT2D eigenvalue weighted by molar-refractivity contribution is 14.1. The van der Waals surface area contributed by atoms with E-state index >= 15 is 0 Å². The summed E-state index contributed by atoms with van der Waals surface area (Å²) in [6, 6.07) is 9.78. The van der Waals surface area contributed by atoms with Crippen LogP contribution in [0.15, 0.2) is 40.9 Å². The lowest BCUT2D eigenvalue weighted by Crippen LogP contribution is -2.25. The normalized spacial score (nSPS) is 12.4. The van der Waals surface area contributed by atoms with Crippen molar-refractivity contribution in [1.82, 2.24) is 5.32 Å². The van der Waals surface area contributed by atoms with Crippen LogP contribution in [0, 0.1) is 15.2 Å². The van der Waals surface area contributed by atoms with Gasteiger partial charge in [0.25, 0.3) is 0 Å². The number of hydrogen-bond acceptors (Lipinski definition) is 1. The standard InChI is InChI=1S/C16H15BrF2IN/c1-2-8-21-16(11-4-3-5-14(18)15(11)19)12-9-10(20)6-7-13(12)17/h3-7,9,16,21H,2,8H2,1H3. The first-order valence-corrected chi connectivity index (χ1v) is 8.54. The SMILES string of the molecule is CCCNC(c1cc(I)ccc1Br)c1cccc(F)c1F. The molecular formula is C16H15BrF2IN. The van der Waals surface area contributed by atoms with Crippen LogP contribution in [0.2, 0.25) is 0 Å². The second-order valence-electron chi connectivity index (χ2n) is 4.70. The topological polar surface area (TPSA) is 12.0 Å². The van der Waals surface area contributed by atoms with Crippen LogP contribution in [0.1, 0.15) is 30.5 Å². The van der Waals surface area contributed by atoms with Crippen molar-refractivity contribution in [3.05, 3.63) is 67.2 Å². The molecule has 0 aliphatic carbocycles. The molecular weight excluding hydrogens is 451 g/mol. The molecule has 0 aliphatic heterocycles. The monoisotopic (exact) mass is 465 g/mol. The highest BCUT2D eigenvalue weighted by atomic mass is 127. The Bertz CT molecular complexity index is 632. The minimum absolute atomic E-state index is 0.325. The van der Waals surface area contributed by atoms with Crippen molar-refractivity contribution in [2.45, 2.75) is 19.4 Å². The van der Waals surface area contributed by atoms with Crippen molar-refractivity contribution in [2.24, 2.45) is 0 Å². The van der Waals surface area contributed by atoms with E-state index in [1.54, 1.807) is 6.07 Å². The smallest absolute Gasteiger partial charge is 0.163 e. The summed E-state index contributed by atoms with van der Waals surface area (Å²) < 4.78 is 29.6. The van der Waals surface area contributed by atoms with E-state index in [4.69, 9.17) is 0 Å². The van der Waals surface area contributed by atoms with Gasteiger partial charge in [-0.1, -0.05) is 35.0 Å². The third-order valence-electron chi connectivity index (χ3n) is 3.16. The molecule has 2 aromatic carbocycles. The van der Waals surface area contributed by atoms with Crippen LogP contribution in [0.4, 0.5) is 8.78 Å². The molecule has 2 aromatic rings. The zero-order chi connectivity index (χ0) is 15.4. The van der Waals surface area contributed by atoms with Gasteiger partial charge in [-0.25, -0.2) is 8.78 Å². The molecule has 2 rings (SSSR count). The number of nitrogens with one attached hydrogen (secondary N) is 1. The zero-order valence-corrected chi connectivity index (χ0v) is 15.2. The fourth-order valence-corrected chi connectivity index (χ4v) is 3.15. The van der Waals surface area contributed by atoms with E-state index in [0.29, 0.717) is 5.56 Å². The molecule has 1 atom stereocenters. The lowest BCUT2D eigenvalue weighted by Gasteiger charge is -2.22. The summed E-state index contributed by atoms with van der Waals surface area (Å²) in [7, 11) is 0. The summed E-state index contributed by atoms with van der Waals surface area (Å²) >= 11 is 5.72. The summed E-state index contributed by atoms with van der Waals surface area (Å²) in [4.78, 5) is 0. The fourth-order valence-electron chi connectivity index (χ4n) is 2.16. The average Bonchev–Trinajstić information content (AvgIpc) is 2.47. The molecule has 0 aromatic heterocycles. The number of halogens is 4. The lowest BCUT2D eigenvalue weighted by atomic mass is 9.98. The Morgan fingerprint density at radius 2 is 1.95 bits per heavy atom. The van der Waals surface area contributed by atoms with E-state index in [1.807, 2.05) is 25.1 Å². The second-order valence-corrected chi connectivity index (χ2v) is 6.80. The van der Waals surface area contributed by atoms with Gasteiger partial charge in [-0.15, -0.1) is 0 Å². The lowest BCUT2D eigenvalue weighted by molar-refractivity contribution is 0.480. The first kappa shape index (κ1) is 16.8. The highest BCUT2D eigenvalue weighted by Crippen LogP contribution is 2.32. The predicted molar refractivity (Wildman–Crippen MR) is 93.4 cm³/mol. The third-order valence-corrected chi connectivity index (χ3v) is 4.55. The van der Waals surface area contributed by atoms with E-state index in [9.17, 15) is 8.78 Å². The van der Waals surface area contributed by atoms with Crippen LogP contribution >= 0.6 is 38.5 Å². The molecule has 1 nitrogen and oxygen atoms in total. The Balaban J connectivity index is 2.52. The van der Waals surface area contributed by atoms with Gasteiger partial charge in [0.1, 0.15) is 0 Å². The van der Waals surface area contributed by atoms with Crippen molar-refractivity contribution < 1.29 is 8.78 Å². The largest absolute Gasteiger partial charge is 0.306 e. The summed E-state index contributed by atoms with van der Waals surface area (Å²) in [5.41, 5.74) is 1.23. The third kappa shape index (κ3) is 4.02. The van der Waals surface area contributed by atoms with Crippen LogP contribution in [0.5, 0.6) is 0 Å². The summed E-state index contributed by atoms with van der Waals surface area (Å²) in [6.07, 6.45) is 0.912. The van der Waals surface area contributed by atoms with E-state index < -0.39 is 11.6 Å². The second kappa shape index (κ2) is 7.65. The van der Waals surface area contributed by atoms with Crippen molar-refractivity contribution >= 4 is 38.5 Å². The van der Waals surface area contributed by atoms with Gasteiger partial charge < -0.3 is 5.32 Å². The first-order valence-electron chi connectivity index (χ1n) is 6.66. The molecule has 5 heteroatoms. The van der Waals surface area contributed by atoms with Gasteiger partial charge in [-0.2, -0.15) is 0 Å². The maximum atomic E-state index is 14.2. The Labute approximate surface area is 145 Å². The van der Waals surface area contributed by atoms with Crippen molar-refractivity contribution in [3.8, 4) is 0 Å². The molecule has 0 aliphatic rings.